The first-order valence-corrected chi connectivity index (χ1v) is 8.11. The van der Waals surface area contributed by atoms with Crippen LogP contribution < -0.4 is 5.32 Å². The Morgan fingerprint density at radius 3 is 2.70 bits per heavy atom. The van der Waals surface area contributed by atoms with Crippen LogP contribution in [0.3, 0.4) is 0 Å². The van der Waals surface area contributed by atoms with Gasteiger partial charge in [-0.3, -0.25) is 9.88 Å². The zero-order chi connectivity index (χ0) is 14.4. The van der Waals surface area contributed by atoms with Crippen LogP contribution in [0.2, 0.25) is 0 Å². The minimum Gasteiger partial charge on any atom is -0.309 e. The van der Waals surface area contributed by atoms with Crippen LogP contribution in [-0.2, 0) is 13.1 Å². The third kappa shape index (κ3) is 5.22. The third-order valence-corrected chi connectivity index (χ3v) is 3.78. The van der Waals surface area contributed by atoms with Gasteiger partial charge in [0.15, 0.2) is 0 Å². The fraction of sp³-hybridized carbons (Fsp3) is 0.706. The van der Waals surface area contributed by atoms with Crippen LogP contribution in [0.1, 0.15) is 57.8 Å². The van der Waals surface area contributed by atoms with Gasteiger partial charge in [0, 0.05) is 25.2 Å². The van der Waals surface area contributed by atoms with Crippen molar-refractivity contribution in [1.82, 2.24) is 15.2 Å². The normalized spacial score (nSPS) is 15.2. The van der Waals surface area contributed by atoms with Gasteiger partial charge in [0.2, 0.25) is 0 Å². The van der Waals surface area contributed by atoms with Crippen LogP contribution in [-0.4, -0.2) is 28.5 Å². The van der Waals surface area contributed by atoms with E-state index in [9.17, 15) is 0 Å². The molecular weight excluding hydrogens is 246 g/mol. The molecule has 1 N–H and O–H groups in total. The SMILES string of the molecule is CCCCN(Cc1cccc(CNC(C)C)n1)C1CC1. The smallest absolute Gasteiger partial charge is 0.0547 e. The second kappa shape index (κ2) is 7.75. The zero-order valence-electron chi connectivity index (χ0n) is 13.2. The van der Waals surface area contributed by atoms with Gasteiger partial charge in [-0.1, -0.05) is 33.3 Å². The standard InChI is InChI=1S/C17H29N3/c1-4-5-11-20(17-9-10-17)13-16-8-6-7-15(19-16)12-18-14(2)3/h6-8,14,17-18H,4-5,9-13H2,1-3H3. The molecule has 0 spiro atoms. The molecular formula is C17H29N3. The van der Waals surface area contributed by atoms with E-state index in [1.807, 2.05) is 0 Å². The van der Waals surface area contributed by atoms with Crippen molar-refractivity contribution in [3.63, 3.8) is 0 Å². The van der Waals surface area contributed by atoms with E-state index in [1.54, 1.807) is 0 Å². The van der Waals surface area contributed by atoms with Crippen molar-refractivity contribution in [2.75, 3.05) is 6.54 Å². The summed E-state index contributed by atoms with van der Waals surface area (Å²) in [6.07, 6.45) is 5.32. The summed E-state index contributed by atoms with van der Waals surface area (Å²) in [4.78, 5) is 7.42. The second-order valence-electron chi connectivity index (χ2n) is 6.21. The Balaban J connectivity index is 1.91. The van der Waals surface area contributed by atoms with Crippen molar-refractivity contribution in [2.24, 2.45) is 0 Å². The van der Waals surface area contributed by atoms with Gasteiger partial charge in [-0.25, -0.2) is 0 Å². The Morgan fingerprint density at radius 2 is 2.05 bits per heavy atom. The molecule has 0 radical (unpaired) electrons. The van der Waals surface area contributed by atoms with Gasteiger partial charge < -0.3 is 5.32 Å². The highest BCUT2D eigenvalue weighted by Crippen LogP contribution is 2.28. The van der Waals surface area contributed by atoms with Crippen LogP contribution >= 0.6 is 0 Å². The molecule has 1 aliphatic carbocycles. The van der Waals surface area contributed by atoms with Crippen LogP contribution in [0.25, 0.3) is 0 Å². The summed E-state index contributed by atoms with van der Waals surface area (Å²) in [5, 5.41) is 3.44. The summed E-state index contributed by atoms with van der Waals surface area (Å²) in [5.74, 6) is 0. The van der Waals surface area contributed by atoms with Gasteiger partial charge in [0.25, 0.3) is 0 Å². The molecule has 0 bridgehead atoms. The molecule has 1 heterocycles. The maximum Gasteiger partial charge on any atom is 0.0547 e. The zero-order valence-corrected chi connectivity index (χ0v) is 13.2. The molecule has 112 valence electrons. The second-order valence-corrected chi connectivity index (χ2v) is 6.21. The number of nitrogens with zero attached hydrogens (tertiary/aromatic N) is 2. The van der Waals surface area contributed by atoms with Gasteiger partial charge in [-0.2, -0.15) is 0 Å². The number of hydrogen-bond donors (Lipinski definition) is 1. The predicted octanol–water partition coefficient (Wildman–Crippen LogP) is 3.34. The Bertz CT molecular complexity index is 399. The maximum atomic E-state index is 4.80. The van der Waals surface area contributed by atoms with Crippen molar-refractivity contribution in [3.05, 3.63) is 29.6 Å². The largest absolute Gasteiger partial charge is 0.309 e. The molecule has 1 aromatic rings. The van der Waals surface area contributed by atoms with Crippen LogP contribution in [0.5, 0.6) is 0 Å². The maximum absolute atomic E-state index is 4.80. The minimum atomic E-state index is 0.507. The fourth-order valence-corrected chi connectivity index (χ4v) is 2.42. The average molecular weight is 275 g/mol. The van der Waals surface area contributed by atoms with E-state index < -0.39 is 0 Å². The van der Waals surface area contributed by atoms with E-state index in [0.29, 0.717) is 6.04 Å². The number of aromatic nitrogens is 1. The van der Waals surface area contributed by atoms with E-state index >= 15 is 0 Å². The number of unbranched alkanes of at least 4 members (excludes halogenated alkanes) is 1. The highest BCUT2D eigenvalue weighted by molar-refractivity contribution is 5.11. The molecule has 0 amide bonds. The molecule has 1 aliphatic rings. The lowest BCUT2D eigenvalue weighted by Crippen LogP contribution is -2.27. The Morgan fingerprint density at radius 1 is 1.30 bits per heavy atom. The number of nitrogens with one attached hydrogen (secondary N) is 1. The van der Waals surface area contributed by atoms with Crippen molar-refractivity contribution < 1.29 is 0 Å². The van der Waals surface area contributed by atoms with E-state index in [4.69, 9.17) is 4.98 Å². The van der Waals surface area contributed by atoms with Gasteiger partial charge in [-0.05, 0) is 37.9 Å². The molecule has 1 saturated carbocycles. The van der Waals surface area contributed by atoms with E-state index in [2.05, 4.69) is 49.2 Å². The molecule has 0 aromatic carbocycles. The van der Waals surface area contributed by atoms with Gasteiger partial charge in [0.1, 0.15) is 0 Å². The van der Waals surface area contributed by atoms with Crippen molar-refractivity contribution in [1.29, 1.82) is 0 Å². The number of hydrogen-bond acceptors (Lipinski definition) is 3. The van der Waals surface area contributed by atoms with Crippen molar-refractivity contribution in [3.8, 4) is 0 Å². The Hall–Kier alpha value is -0.930. The summed E-state index contributed by atoms with van der Waals surface area (Å²) in [7, 11) is 0. The summed E-state index contributed by atoms with van der Waals surface area (Å²) < 4.78 is 0. The van der Waals surface area contributed by atoms with Gasteiger partial charge >= 0.3 is 0 Å². The topological polar surface area (TPSA) is 28.2 Å². The molecule has 0 aliphatic heterocycles. The highest BCUT2D eigenvalue weighted by Gasteiger charge is 2.28. The molecule has 3 nitrogen and oxygen atoms in total. The molecule has 3 heteroatoms. The van der Waals surface area contributed by atoms with E-state index in [-0.39, 0.29) is 0 Å². The van der Waals surface area contributed by atoms with Crippen LogP contribution in [0.4, 0.5) is 0 Å². The monoisotopic (exact) mass is 275 g/mol. The molecule has 1 fully saturated rings. The fourth-order valence-electron chi connectivity index (χ4n) is 2.42. The van der Waals surface area contributed by atoms with Crippen LogP contribution in [0, 0.1) is 0 Å². The van der Waals surface area contributed by atoms with Crippen molar-refractivity contribution in [2.45, 2.75) is 71.6 Å². The van der Waals surface area contributed by atoms with Crippen molar-refractivity contribution >= 4 is 0 Å². The summed E-state index contributed by atoms with van der Waals surface area (Å²) in [6, 6.07) is 7.76. The minimum absolute atomic E-state index is 0.507. The molecule has 0 unspecified atom stereocenters. The first-order valence-electron chi connectivity index (χ1n) is 8.11. The number of rotatable bonds is 9. The Labute approximate surface area is 123 Å². The first kappa shape index (κ1) is 15.5. The van der Waals surface area contributed by atoms with Gasteiger partial charge in [0.05, 0.1) is 11.4 Å². The predicted molar refractivity (Wildman–Crippen MR) is 84.6 cm³/mol. The molecule has 20 heavy (non-hydrogen) atoms. The molecule has 0 atom stereocenters. The number of pyridine rings is 1. The summed E-state index contributed by atoms with van der Waals surface area (Å²) in [5.41, 5.74) is 2.37. The van der Waals surface area contributed by atoms with E-state index in [0.717, 1.165) is 24.8 Å². The molecule has 2 rings (SSSR count). The first-order chi connectivity index (χ1) is 9.69. The lowest BCUT2D eigenvalue weighted by molar-refractivity contribution is 0.247. The van der Waals surface area contributed by atoms with Crippen LogP contribution in [0.15, 0.2) is 18.2 Å². The quantitative estimate of drug-likeness (QED) is 0.749. The average Bonchev–Trinajstić information content (AvgIpc) is 3.26. The third-order valence-electron chi connectivity index (χ3n) is 3.78. The highest BCUT2D eigenvalue weighted by atomic mass is 15.2. The summed E-state index contributed by atoms with van der Waals surface area (Å²) >= 11 is 0. The lowest BCUT2D eigenvalue weighted by atomic mass is 10.2. The van der Waals surface area contributed by atoms with E-state index in [1.165, 1.54) is 37.9 Å². The molecule has 0 saturated heterocycles. The molecule has 1 aromatic heterocycles. The Kier molecular flexibility index (Phi) is 5.99. The summed E-state index contributed by atoms with van der Waals surface area (Å²) in [6.45, 7) is 9.70. The van der Waals surface area contributed by atoms with Gasteiger partial charge in [-0.15, -0.1) is 0 Å². The lowest BCUT2D eigenvalue weighted by Gasteiger charge is -2.21.